The van der Waals surface area contributed by atoms with Crippen molar-refractivity contribution in [3.8, 4) is 0 Å². The van der Waals surface area contributed by atoms with E-state index in [0.29, 0.717) is 0 Å². The standard InChI is InChI=1S/C14H22N2O3S/c1-3-14(2,10-17)15-11-6-8-13(9-7-11)20(18,19)16-12-4-5-12/h6-9,12,15-17H,3-5,10H2,1-2H3. The third-order valence-electron chi connectivity index (χ3n) is 3.64. The van der Waals surface area contributed by atoms with Crippen LogP contribution in [0.5, 0.6) is 0 Å². The van der Waals surface area contributed by atoms with Gasteiger partial charge in [-0.3, -0.25) is 0 Å². The third kappa shape index (κ3) is 3.71. The van der Waals surface area contributed by atoms with Crippen molar-refractivity contribution >= 4 is 15.7 Å². The summed E-state index contributed by atoms with van der Waals surface area (Å²) in [6, 6.07) is 6.73. The van der Waals surface area contributed by atoms with Crippen LogP contribution in [0.3, 0.4) is 0 Å². The number of sulfonamides is 1. The molecule has 1 aromatic rings. The summed E-state index contributed by atoms with van der Waals surface area (Å²) in [5.41, 5.74) is 0.404. The number of benzene rings is 1. The minimum atomic E-state index is -3.40. The summed E-state index contributed by atoms with van der Waals surface area (Å²) >= 11 is 0. The summed E-state index contributed by atoms with van der Waals surface area (Å²) in [7, 11) is -3.40. The lowest BCUT2D eigenvalue weighted by molar-refractivity contribution is 0.219. The Labute approximate surface area is 120 Å². The molecular weight excluding hydrogens is 276 g/mol. The highest BCUT2D eigenvalue weighted by Gasteiger charge is 2.28. The number of aliphatic hydroxyl groups is 1. The Bertz CT molecular complexity index is 546. The fraction of sp³-hybridized carbons (Fsp3) is 0.571. The summed E-state index contributed by atoms with van der Waals surface area (Å²) in [6.07, 6.45) is 2.61. The van der Waals surface area contributed by atoms with Gasteiger partial charge in [-0.25, -0.2) is 13.1 Å². The second-order valence-electron chi connectivity index (χ2n) is 5.62. The maximum absolute atomic E-state index is 12.0. The zero-order valence-corrected chi connectivity index (χ0v) is 12.7. The SMILES string of the molecule is CCC(C)(CO)Nc1ccc(S(=O)(=O)NC2CC2)cc1. The smallest absolute Gasteiger partial charge is 0.240 e. The van der Waals surface area contributed by atoms with Crippen molar-refractivity contribution in [2.24, 2.45) is 0 Å². The highest BCUT2D eigenvalue weighted by atomic mass is 32.2. The number of hydrogen-bond donors (Lipinski definition) is 3. The molecule has 1 saturated carbocycles. The van der Waals surface area contributed by atoms with E-state index in [1.165, 1.54) is 0 Å². The molecule has 0 aromatic heterocycles. The number of aliphatic hydroxyl groups excluding tert-OH is 1. The van der Waals surface area contributed by atoms with Gasteiger partial charge in [-0.15, -0.1) is 0 Å². The topological polar surface area (TPSA) is 78.4 Å². The highest BCUT2D eigenvalue weighted by Crippen LogP contribution is 2.24. The Morgan fingerprint density at radius 3 is 2.35 bits per heavy atom. The lowest BCUT2D eigenvalue weighted by atomic mass is 10.00. The summed E-state index contributed by atoms with van der Waals surface area (Å²) in [6.45, 7) is 3.93. The molecule has 0 heterocycles. The van der Waals surface area contributed by atoms with E-state index in [1.807, 2.05) is 13.8 Å². The molecule has 3 N–H and O–H groups in total. The number of anilines is 1. The van der Waals surface area contributed by atoms with Gasteiger partial charge in [0.05, 0.1) is 17.0 Å². The van der Waals surface area contributed by atoms with Crippen molar-refractivity contribution in [2.75, 3.05) is 11.9 Å². The molecule has 6 heteroatoms. The molecule has 0 bridgehead atoms. The summed E-state index contributed by atoms with van der Waals surface area (Å²) in [5.74, 6) is 0. The molecule has 112 valence electrons. The van der Waals surface area contributed by atoms with Gasteiger partial charge in [0, 0.05) is 11.7 Å². The van der Waals surface area contributed by atoms with Gasteiger partial charge in [-0.05, 0) is 50.5 Å². The van der Waals surface area contributed by atoms with Crippen LogP contribution < -0.4 is 10.0 Å². The molecule has 1 aliphatic carbocycles. The van der Waals surface area contributed by atoms with E-state index in [9.17, 15) is 13.5 Å². The van der Waals surface area contributed by atoms with E-state index in [4.69, 9.17) is 0 Å². The van der Waals surface area contributed by atoms with Crippen LogP contribution in [0.25, 0.3) is 0 Å². The zero-order chi connectivity index (χ0) is 14.8. The van der Waals surface area contributed by atoms with Crippen molar-refractivity contribution in [3.05, 3.63) is 24.3 Å². The molecule has 1 aliphatic rings. The Kier molecular flexibility index (Phi) is 4.36. The van der Waals surface area contributed by atoms with Crippen LogP contribution in [-0.2, 0) is 10.0 Å². The van der Waals surface area contributed by atoms with E-state index < -0.39 is 15.6 Å². The monoisotopic (exact) mass is 298 g/mol. The molecule has 5 nitrogen and oxygen atoms in total. The molecule has 20 heavy (non-hydrogen) atoms. The number of nitrogens with one attached hydrogen (secondary N) is 2. The normalized spacial score (nSPS) is 18.6. The Morgan fingerprint density at radius 2 is 1.90 bits per heavy atom. The van der Waals surface area contributed by atoms with Gasteiger partial charge in [0.1, 0.15) is 0 Å². The Hall–Kier alpha value is -1.11. The van der Waals surface area contributed by atoms with Gasteiger partial charge < -0.3 is 10.4 Å². The lowest BCUT2D eigenvalue weighted by Crippen LogP contribution is -2.37. The average molecular weight is 298 g/mol. The molecule has 1 fully saturated rings. The molecule has 0 amide bonds. The van der Waals surface area contributed by atoms with Crippen LogP contribution >= 0.6 is 0 Å². The Morgan fingerprint density at radius 1 is 1.30 bits per heavy atom. The first-order chi connectivity index (χ1) is 9.38. The number of hydrogen-bond acceptors (Lipinski definition) is 4. The van der Waals surface area contributed by atoms with E-state index in [-0.39, 0.29) is 17.5 Å². The minimum absolute atomic E-state index is 0.0206. The fourth-order valence-electron chi connectivity index (χ4n) is 1.79. The number of rotatable bonds is 7. The van der Waals surface area contributed by atoms with E-state index in [0.717, 1.165) is 24.9 Å². The second-order valence-corrected chi connectivity index (χ2v) is 7.33. The first-order valence-electron chi connectivity index (χ1n) is 6.90. The zero-order valence-electron chi connectivity index (χ0n) is 11.9. The van der Waals surface area contributed by atoms with Crippen molar-refractivity contribution in [2.45, 2.75) is 49.6 Å². The van der Waals surface area contributed by atoms with Gasteiger partial charge in [-0.2, -0.15) is 0 Å². The first kappa shape index (κ1) is 15.3. The molecule has 0 aliphatic heterocycles. The van der Waals surface area contributed by atoms with Crippen molar-refractivity contribution in [1.29, 1.82) is 0 Å². The van der Waals surface area contributed by atoms with Crippen molar-refractivity contribution in [1.82, 2.24) is 4.72 Å². The van der Waals surface area contributed by atoms with E-state index in [2.05, 4.69) is 10.0 Å². The van der Waals surface area contributed by atoms with Gasteiger partial charge in [0.25, 0.3) is 0 Å². The average Bonchev–Trinajstić information content (AvgIpc) is 3.22. The van der Waals surface area contributed by atoms with Crippen LogP contribution in [-0.4, -0.2) is 31.7 Å². The molecule has 1 aromatic carbocycles. The van der Waals surface area contributed by atoms with Gasteiger partial charge in [-0.1, -0.05) is 6.92 Å². The predicted molar refractivity (Wildman–Crippen MR) is 79.2 cm³/mol. The molecule has 0 saturated heterocycles. The molecule has 2 rings (SSSR count). The Balaban J connectivity index is 2.09. The van der Waals surface area contributed by atoms with Crippen LogP contribution in [0.15, 0.2) is 29.2 Å². The quantitative estimate of drug-likeness (QED) is 0.716. The van der Waals surface area contributed by atoms with Crippen LogP contribution in [0.1, 0.15) is 33.1 Å². The fourth-order valence-corrected chi connectivity index (χ4v) is 3.10. The maximum Gasteiger partial charge on any atom is 0.240 e. The summed E-state index contributed by atoms with van der Waals surface area (Å²) in [4.78, 5) is 0.275. The molecular formula is C14H22N2O3S. The van der Waals surface area contributed by atoms with Gasteiger partial charge in [0.15, 0.2) is 0 Å². The lowest BCUT2D eigenvalue weighted by Gasteiger charge is -2.28. The minimum Gasteiger partial charge on any atom is -0.394 e. The van der Waals surface area contributed by atoms with Crippen molar-refractivity contribution < 1.29 is 13.5 Å². The van der Waals surface area contributed by atoms with Gasteiger partial charge >= 0.3 is 0 Å². The largest absolute Gasteiger partial charge is 0.394 e. The van der Waals surface area contributed by atoms with Crippen LogP contribution in [0, 0.1) is 0 Å². The summed E-state index contributed by atoms with van der Waals surface area (Å²) < 4.78 is 26.7. The third-order valence-corrected chi connectivity index (χ3v) is 5.18. The second kappa shape index (κ2) is 5.71. The van der Waals surface area contributed by atoms with Crippen molar-refractivity contribution in [3.63, 3.8) is 0 Å². The van der Waals surface area contributed by atoms with E-state index in [1.54, 1.807) is 24.3 Å². The first-order valence-corrected chi connectivity index (χ1v) is 8.38. The highest BCUT2D eigenvalue weighted by molar-refractivity contribution is 7.89. The van der Waals surface area contributed by atoms with Crippen LogP contribution in [0.4, 0.5) is 5.69 Å². The predicted octanol–water partition coefficient (Wildman–Crippen LogP) is 1.70. The van der Waals surface area contributed by atoms with Gasteiger partial charge in [0.2, 0.25) is 10.0 Å². The maximum atomic E-state index is 12.0. The van der Waals surface area contributed by atoms with E-state index >= 15 is 0 Å². The molecule has 0 spiro atoms. The summed E-state index contributed by atoms with van der Waals surface area (Å²) in [5, 5.41) is 12.6. The molecule has 0 radical (unpaired) electrons. The van der Waals surface area contributed by atoms with Crippen LogP contribution in [0.2, 0.25) is 0 Å². The molecule has 1 unspecified atom stereocenters. The molecule has 1 atom stereocenters.